The first kappa shape index (κ1) is 16.4. The standard InChI is InChI=1S/C16H15FN2O4/c1-23-15-7-6-13(19(21)22)10-14(15)16(20)18-12-4-2-11(3-5-12)8-9-17/h2-7,10H,8-9H2,1H3,(H,18,20)/i17-1. The summed E-state index contributed by atoms with van der Waals surface area (Å²) >= 11 is 0. The van der Waals surface area contributed by atoms with Gasteiger partial charge in [-0.2, -0.15) is 0 Å². The number of nitro groups is 1. The molecule has 0 heterocycles. The number of alkyl halides is 1. The Balaban J connectivity index is 2.22. The molecule has 0 spiro atoms. The molecule has 0 saturated carbocycles. The zero-order valence-corrected chi connectivity index (χ0v) is 12.4. The van der Waals surface area contributed by atoms with Crippen LogP contribution in [0.4, 0.5) is 15.8 Å². The maximum absolute atomic E-state index is 12.3. The summed E-state index contributed by atoms with van der Waals surface area (Å²) in [5.74, 6) is -0.286. The van der Waals surface area contributed by atoms with Crippen molar-refractivity contribution in [3.8, 4) is 5.75 Å². The zero-order chi connectivity index (χ0) is 16.8. The smallest absolute Gasteiger partial charge is 0.270 e. The first-order valence-corrected chi connectivity index (χ1v) is 6.84. The number of amides is 1. The Hall–Kier alpha value is -2.96. The van der Waals surface area contributed by atoms with E-state index in [4.69, 9.17) is 4.74 Å². The molecule has 23 heavy (non-hydrogen) atoms. The number of nitrogens with zero attached hydrogens (tertiary/aromatic N) is 1. The summed E-state index contributed by atoms with van der Waals surface area (Å²) in [5.41, 5.74) is 1.19. The Morgan fingerprint density at radius 1 is 1.26 bits per heavy atom. The van der Waals surface area contributed by atoms with E-state index in [2.05, 4.69) is 5.32 Å². The lowest BCUT2D eigenvalue weighted by Gasteiger charge is -2.09. The second-order valence-electron chi connectivity index (χ2n) is 4.73. The lowest BCUT2D eigenvalue weighted by atomic mass is 10.1. The van der Waals surface area contributed by atoms with Crippen molar-refractivity contribution in [1.82, 2.24) is 0 Å². The van der Waals surface area contributed by atoms with Gasteiger partial charge in [0.25, 0.3) is 11.6 Å². The van der Waals surface area contributed by atoms with Gasteiger partial charge in [0.15, 0.2) is 0 Å². The fourth-order valence-corrected chi connectivity index (χ4v) is 2.05. The third-order valence-electron chi connectivity index (χ3n) is 3.23. The predicted molar refractivity (Wildman–Crippen MR) is 83.7 cm³/mol. The molecular formula is C16H15FN2O4. The van der Waals surface area contributed by atoms with E-state index in [-0.39, 0.29) is 17.0 Å². The quantitative estimate of drug-likeness (QED) is 0.654. The molecule has 1 amide bonds. The van der Waals surface area contributed by atoms with Gasteiger partial charge in [-0.05, 0) is 23.8 Å². The summed E-state index contributed by atoms with van der Waals surface area (Å²) in [6.07, 6.45) is 0.312. The van der Waals surface area contributed by atoms with E-state index in [1.54, 1.807) is 24.3 Å². The molecule has 0 fully saturated rings. The number of non-ortho nitro benzene ring substituents is 1. The van der Waals surface area contributed by atoms with Crippen LogP contribution < -0.4 is 10.1 Å². The monoisotopic (exact) mass is 317 g/mol. The number of nitrogens with one attached hydrogen (secondary N) is 1. The van der Waals surface area contributed by atoms with E-state index >= 15 is 0 Å². The van der Waals surface area contributed by atoms with Gasteiger partial charge in [-0.3, -0.25) is 19.3 Å². The minimum Gasteiger partial charge on any atom is -0.496 e. The molecule has 120 valence electrons. The summed E-state index contributed by atoms with van der Waals surface area (Å²) in [6, 6.07) is 10.5. The number of benzene rings is 2. The van der Waals surface area contributed by atoms with Crippen molar-refractivity contribution in [3.63, 3.8) is 0 Å². The van der Waals surface area contributed by atoms with Crippen LogP contribution in [0.5, 0.6) is 5.75 Å². The molecule has 0 aliphatic rings. The highest BCUT2D eigenvalue weighted by Gasteiger charge is 2.17. The topological polar surface area (TPSA) is 81.5 Å². The van der Waals surface area contributed by atoms with Crippen LogP contribution in [0.15, 0.2) is 42.5 Å². The molecule has 0 aliphatic carbocycles. The van der Waals surface area contributed by atoms with Gasteiger partial charge >= 0.3 is 0 Å². The maximum Gasteiger partial charge on any atom is 0.270 e. The Kier molecular flexibility index (Phi) is 5.24. The summed E-state index contributed by atoms with van der Waals surface area (Å²) < 4.78 is 17.3. The number of ether oxygens (including phenoxy) is 1. The van der Waals surface area contributed by atoms with Gasteiger partial charge in [-0.1, -0.05) is 12.1 Å². The highest BCUT2D eigenvalue weighted by molar-refractivity contribution is 6.06. The van der Waals surface area contributed by atoms with Crippen LogP contribution >= 0.6 is 0 Å². The van der Waals surface area contributed by atoms with Crippen LogP contribution in [0.25, 0.3) is 0 Å². The first-order valence-electron chi connectivity index (χ1n) is 6.84. The molecule has 6 nitrogen and oxygen atoms in total. The molecule has 0 radical (unpaired) electrons. The Labute approximate surface area is 132 Å². The molecule has 0 aliphatic heterocycles. The van der Waals surface area contributed by atoms with Crippen LogP contribution in [0.1, 0.15) is 15.9 Å². The number of nitro benzene ring substituents is 1. The van der Waals surface area contributed by atoms with Gasteiger partial charge < -0.3 is 10.1 Å². The molecular weight excluding hydrogens is 302 g/mol. The van der Waals surface area contributed by atoms with Gasteiger partial charge in [-0.15, -0.1) is 0 Å². The summed E-state index contributed by atoms with van der Waals surface area (Å²) in [4.78, 5) is 22.6. The number of anilines is 1. The zero-order valence-electron chi connectivity index (χ0n) is 12.4. The van der Waals surface area contributed by atoms with Crippen LogP contribution in [0.3, 0.4) is 0 Å². The average molecular weight is 317 g/mol. The molecule has 2 aromatic rings. The highest BCUT2D eigenvalue weighted by Crippen LogP contribution is 2.25. The van der Waals surface area contributed by atoms with Gasteiger partial charge in [0, 0.05) is 24.2 Å². The summed E-state index contributed by atoms with van der Waals surface area (Å²) in [7, 11) is 1.38. The predicted octanol–water partition coefficient (Wildman–Crippen LogP) is 3.37. The molecule has 2 aromatic carbocycles. The Bertz CT molecular complexity index is 717. The Morgan fingerprint density at radius 2 is 1.96 bits per heavy atom. The van der Waals surface area contributed by atoms with Gasteiger partial charge in [0.1, 0.15) is 5.75 Å². The average Bonchev–Trinajstić information content (AvgIpc) is 2.56. The third kappa shape index (κ3) is 4.03. The number of halogens is 1. The van der Waals surface area contributed by atoms with E-state index in [9.17, 15) is 19.3 Å². The molecule has 0 unspecified atom stereocenters. The van der Waals surface area contributed by atoms with E-state index in [1.807, 2.05) is 0 Å². The van der Waals surface area contributed by atoms with Crippen molar-refractivity contribution in [3.05, 3.63) is 63.7 Å². The van der Waals surface area contributed by atoms with Crippen molar-refractivity contribution in [2.24, 2.45) is 0 Å². The second-order valence-corrected chi connectivity index (χ2v) is 4.73. The minimum absolute atomic E-state index is 0.0644. The van der Waals surface area contributed by atoms with E-state index in [0.717, 1.165) is 11.6 Å². The minimum atomic E-state index is -0.581. The van der Waals surface area contributed by atoms with Crippen molar-refractivity contribution in [2.75, 3.05) is 19.1 Å². The van der Waals surface area contributed by atoms with Gasteiger partial charge in [0.2, 0.25) is 0 Å². The molecule has 0 saturated heterocycles. The fourth-order valence-electron chi connectivity index (χ4n) is 2.05. The van der Waals surface area contributed by atoms with Crippen LogP contribution in [-0.4, -0.2) is 24.6 Å². The molecule has 7 heteroatoms. The molecule has 2 rings (SSSR count). The molecule has 1 N–H and O–H groups in total. The molecule has 0 atom stereocenters. The summed E-state index contributed by atoms with van der Waals surface area (Å²) in [5, 5.41) is 13.5. The van der Waals surface area contributed by atoms with Crippen LogP contribution in [0, 0.1) is 10.1 Å². The second kappa shape index (κ2) is 7.35. The van der Waals surface area contributed by atoms with Crippen molar-refractivity contribution < 1.29 is 18.8 Å². The number of carbonyl (C=O) groups is 1. The molecule has 0 bridgehead atoms. The van der Waals surface area contributed by atoms with Crippen molar-refractivity contribution in [2.45, 2.75) is 6.42 Å². The largest absolute Gasteiger partial charge is 0.496 e. The molecule has 0 aromatic heterocycles. The lowest BCUT2D eigenvalue weighted by Crippen LogP contribution is -2.13. The number of rotatable bonds is 6. The maximum atomic E-state index is 12.3. The highest BCUT2D eigenvalue weighted by atomic mass is 18.2. The van der Waals surface area contributed by atoms with Gasteiger partial charge in [0.05, 0.1) is 24.3 Å². The number of methoxy groups -OCH3 is 1. The number of hydrogen-bond acceptors (Lipinski definition) is 4. The number of aryl methyl sites for hydroxylation is 1. The van der Waals surface area contributed by atoms with Gasteiger partial charge in [-0.25, -0.2) is 0 Å². The van der Waals surface area contributed by atoms with Crippen LogP contribution in [-0.2, 0) is 6.42 Å². The summed E-state index contributed by atoms with van der Waals surface area (Å²) in [6.45, 7) is -0.448. The van der Waals surface area contributed by atoms with E-state index < -0.39 is 17.5 Å². The normalized spacial score (nSPS) is 10.2. The third-order valence-corrected chi connectivity index (χ3v) is 3.23. The SMILES string of the molecule is COc1ccc([N+](=O)[O-])cc1C(=O)Nc1ccc(CC[18F])cc1. The number of carbonyl (C=O) groups excluding carboxylic acids is 1. The first-order chi connectivity index (χ1) is 11.0. The number of hydrogen-bond donors (Lipinski definition) is 1. The van der Waals surface area contributed by atoms with Crippen LogP contribution in [0.2, 0.25) is 0 Å². The van der Waals surface area contributed by atoms with E-state index in [0.29, 0.717) is 12.1 Å². The Morgan fingerprint density at radius 3 is 2.52 bits per heavy atom. The lowest BCUT2D eigenvalue weighted by molar-refractivity contribution is -0.384. The fraction of sp³-hybridized carbons (Fsp3) is 0.188. The van der Waals surface area contributed by atoms with E-state index in [1.165, 1.54) is 19.2 Å². The van der Waals surface area contributed by atoms with Crippen molar-refractivity contribution >= 4 is 17.3 Å². The van der Waals surface area contributed by atoms with Crippen molar-refractivity contribution in [1.29, 1.82) is 0 Å².